The van der Waals surface area contributed by atoms with Crippen LogP contribution in [0, 0.1) is 20.2 Å². The molecule has 1 aromatic carbocycles. The Bertz CT molecular complexity index is 623. The summed E-state index contributed by atoms with van der Waals surface area (Å²) >= 11 is 0. The topological polar surface area (TPSA) is 111 Å². The minimum atomic E-state index is -1.76. The van der Waals surface area contributed by atoms with Crippen molar-refractivity contribution in [3.63, 3.8) is 0 Å². The molecule has 0 amide bonds. The molecule has 0 atom stereocenters. The molecule has 0 aliphatic carbocycles. The van der Waals surface area contributed by atoms with Gasteiger partial charge in [0, 0.05) is 11.9 Å². The van der Waals surface area contributed by atoms with Crippen molar-refractivity contribution in [3.05, 3.63) is 38.4 Å². The Hall–Kier alpha value is -2.29. The van der Waals surface area contributed by atoms with Crippen molar-refractivity contribution in [3.8, 4) is 0 Å². The van der Waals surface area contributed by atoms with E-state index in [0.717, 1.165) is 6.07 Å². The van der Waals surface area contributed by atoms with Gasteiger partial charge in [0.05, 0.1) is 15.9 Å². The molecule has 0 aliphatic rings. The number of nitro benzene ring substituents is 2. The van der Waals surface area contributed by atoms with Crippen molar-refractivity contribution in [2.45, 2.75) is 38.9 Å². The van der Waals surface area contributed by atoms with Crippen LogP contribution < -0.4 is 5.43 Å². The van der Waals surface area contributed by atoms with Crippen LogP contribution in [0.15, 0.2) is 23.3 Å². The Labute approximate surface area is 129 Å². The Morgan fingerprint density at radius 3 is 2.23 bits per heavy atom. The first-order valence-electron chi connectivity index (χ1n) is 6.69. The third-order valence-corrected chi connectivity index (χ3v) is 8.53. The van der Waals surface area contributed by atoms with Crippen LogP contribution >= 0.6 is 0 Å². The molecule has 22 heavy (non-hydrogen) atoms. The summed E-state index contributed by atoms with van der Waals surface area (Å²) in [5.74, 6) is 1.82. The van der Waals surface area contributed by atoms with Gasteiger partial charge in [-0.15, -0.1) is 0 Å². The zero-order valence-corrected chi connectivity index (χ0v) is 14.3. The molecule has 8 nitrogen and oxygen atoms in total. The molecule has 0 heterocycles. The number of anilines is 1. The highest BCUT2D eigenvalue weighted by Gasteiger charge is 2.33. The number of hydrogen-bond acceptors (Lipinski definition) is 6. The van der Waals surface area contributed by atoms with E-state index in [2.05, 4.69) is 44.4 Å². The molecule has 0 unspecified atom stereocenters. The summed E-state index contributed by atoms with van der Waals surface area (Å²) in [7, 11) is -1.76. The van der Waals surface area contributed by atoms with Crippen LogP contribution in [0.4, 0.5) is 17.1 Å². The average molecular weight is 324 g/mol. The predicted octanol–water partition coefficient (Wildman–Crippen LogP) is 3.95. The maximum Gasteiger partial charge on any atom is 0.301 e. The molecule has 120 valence electrons. The second-order valence-corrected chi connectivity index (χ2v) is 11.8. The number of nitrogens with one attached hydrogen (secondary N) is 1. The smallest absolute Gasteiger partial charge is 0.272 e. The Kier molecular flexibility index (Phi) is 5.02. The molecule has 0 aromatic heterocycles. The summed E-state index contributed by atoms with van der Waals surface area (Å²) in [5, 5.41) is 25.9. The summed E-state index contributed by atoms with van der Waals surface area (Å²) < 4.78 is 0. The number of nitro groups is 2. The van der Waals surface area contributed by atoms with Gasteiger partial charge in [-0.3, -0.25) is 25.7 Å². The number of benzene rings is 1. The molecule has 1 N–H and O–H groups in total. The van der Waals surface area contributed by atoms with Gasteiger partial charge >= 0.3 is 5.69 Å². The summed E-state index contributed by atoms with van der Waals surface area (Å²) in [6, 6.07) is 3.42. The molecule has 9 heteroatoms. The van der Waals surface area contributed by atoms with Crippen LogP contribution in [-0.4, -0.2) is 23.8 Å². The van der Waals surface area contributed by atoms with E-state index in [-0.39, 0.29) is 22.1 Å². The molecule has 0 fully saturated rings. The van der Waals surface area contributed by atoms with Crippen molar-refractivity contribution in [1.29, 1.82) is 0 Å². The van der Waals surface area contributed by atoms with E-state index in [0.29, 0.717) is 0 Å². The highest BCUT2D eigenvalue weighted by Crippen LogP contribution is 2.34. The van der Waals surface area contributed by atoms with Gasteiger partial charge in [0.15, 0.2) is 0 Å². The van der Waals surface area contributed by atoms with Crippen molar-refractivity contribution in [2.24, 2.45) is 5.10 Å². The van der Waals surface area contributed by atoms with E-state index in [1.807, 2.05) is 5.84 Å². The maximum atomic E-state index is 11.0. The van der Waals surface area contributed by atoms with Gasteiger partial charge in [-0.2, -0.15) is 5.10 Å². The first kappa shape index (κ1) is 17.8. The minimum absolute atomic E-state index is 0.0968. The lowest BCUT2D eigenvalue weighted by Crippen LogP contribution is -2.39. The van der Waals surface area contributed by atoms with Crippen LogP contribution in [0.5, 0.6) is 0 Å². The van der Waals surface area contributed by atoms with Gasteiger partial charge in [0.2, 0.25) is 0 Å². The number of nitrogens with zero attached hydrogens (tertiary/aromatic N) is 3. The standard InChI is InChI=1S/C13H20N4O4Si/c1-13(2,3)22(4,5)9-14-15-11-7-6-10(16(18)19)8-12(11)17(20)21/h6-9,15H,1-5H3/b14-9+. The minimum Gasteiger partial charge on any atom is -0.272 e. The third kappa shape index (κ3) is 4.10. The fraction of sp³-hybridized carbons (Fsp3) is 0.462. The molecule has 0 saturated heterocycles. The normalized spacial score (nSPS) is 12.4. The first-order valence-corrected chi connectivity index (χ1v) is 9.76. The van der Waals surface area contributed by atoms with Gasteiger partial charge in [-0.05, 0) is 11.1 Å². The van der Waals surface area contributed by atoms with Crippen LogP contribution in [0.25, 0.3) is 0 Å². The van der Waals surface area contributed by atoms with Crippen molar-refractivity contribution >= 4 is 31.0 Å². The molecule has 1 rings (SSSR count). The van der Waals surface area contributed by atoms with Crippen LogP contribution in [-0.2, 0) is 0 Å². The van der Waals surface area contributed by atoms with Crippen LogP contribution in [0.1, 0.15) is 20.8 Å². The molecular weight excluding hydrogens is 304 g/mol. The lowest BCUT2D eigenvalue weighted by atomic mass is 10.2. The van der Waals surface area contributed by atoms with Crippen molar-refractivity contribution < 1.29 is 9.85 Å². The summed E-state index contributed by atoms with van der Waals surface area (Å²) in [6.45, 7) is 10.7. The Morgan fingerprint density at radius 2 is 1.77 bits per heavy atom. The monoisotopic (exact) mass is 324 g/mol. The number of non-ortho nitro benzene ring substituents is 1. The summed E-state index contributed by atoms with van der Waals surface area (Å²) in [6.07, 6.45) is 0. The summed E-state index contributed by atoms with van der Waals surface area (Å²) in [5.41, 5.74) is 2.06. The quantitative estimate of drug-likeness (QED) is 0.381. The van der Waals surface area contributed by atoms with Crippen molar-refractivity contribution in [2.75, 3.05) is 5.43 Å². The maximum absolute atomic E-state index is 11.0. The predicted molar refractivity (Wildman–Crippen MR) is 89.1 cm³/mol. The Morgan fingerprint density at radius 1 is 1.18 bits per heavy atom. The molecular formula is C13H20N4O4Si. The van der Waals surface area contributed by atoms with E-state index in [9.17, 15) is 20.2 Å². The van der Waals surface area contributed by atoms with E-state index >= 15 is 0 Å². The van der Waals surface area contributed by atoms with Gasteiger partial charge in [-0.1, -0.05) is 33.9 Å². The average Bonchev–Trinajstić information content (AvgIpc) is 2.36. The highest BCUT2D eigenvalue weighted by molar-refractivity contribution is 7.02. The molecule has 0 bridgehead atoms. The fourth-order valence-electron chi connectivity index (χ4n) is 1.34. The zero-order chi connectivity index (χ0) is 17.1. The SMILES string of the molecule is CC(C)(C)[Si](C)(C)/C=N/Nc1ccc([N+](=O)[O-])cc1[N+](=O)[O-]. The number of hydrazone groups is 1. The lowest BCUT2D eigenvalue weighted by Gasteiger charge is -2.32. The van der Waals surface area contributed by atoms with E-state index in [1.54, 1.807) is 0 Å². The molecule has 0 radical (unpaired) electrons. The highest BCUT2D eigenvalue weighted by atomic mass is 28.3. The second-order valence-electron chi connectivity index (χ2n) is 6.56. The zero-order valence-electron chi connectivity index (χ0n) is 13.3. The largest absolute Gasteiger partial charge is 0.301 e. The molecule has 0 aliphatic heterocycles. The fourth-order valence-corrected chi connectivity index (χ4v) is 2.11. The van der Waals surface area contributed by atoms with Gasteiger partial charge < -0.3 is 0 Å². The van der Waals surface area contributed by atoms with E-state index < -0.39 is 17.9 Å². The van der Waals surface area contributed by atoms with E-state index in [4.69, 9.17) is 0 Å². The van der Waals surface area contributed by atoms with Crippen LogP contribution in [0.2, 0.25) is 18.1 Å². The van der Waals surface area contributed by atoms with Crippen molar-refractivity contribution in [1.82, 2.24) is 0 Å². The molecule has 1 aromatic rings. The van der Waals surface area contributed by atoms with Gasteiger partial charge in [0.25, 0.3) is 5.69 Å². The van der Waals surface area contributed by atoms with Crippen LogP contribution in [0.3, 0.4) is 0 Å². The second kappa shape index (κ2) is 6.22. The first-order chi connectivity index (χ1) is 9.95. The third-order valence-electron chi connectivity index (χ3n) is 3.89. The molecule has 0 saturated carbocycles. The lowest BCUT2D eigenvalue weighted by molar-refractivity contribution is -0.393. The number of rotatable bonds is 5. The molecule has 0 spiro atoms. The summed E-state index contributed by atoms with van der Waals surface area (Å²) in [4.78, 5) is 20.4. The van der Waals surface area contributed by atoms with Gasteiger partial charge in [-0.25, -0.2) is 0 Å². The van der Waals surface area contributed by atoms with E-state index in [1.165, 1.54) is 12.1 Å². The van der Waals surface area contributed by atoms with Gasteiger partial charge in [0.1, 0.15) is 13.8 Å². The Balaban J connectivity index is 3.04. The number of hydrogen-bond donors (Lipinski definition) is 1.